The van der Waals surface area contributed by atoms with Gasteiger partial charge in [-0.2, -0.15) is 0 Å². The number of carbonyl (C=O) groups excluding carboxylic acids is 2. The molecule has 11 nitrogen and oxygen atoms in total. The van der Waals surface area contributed by atoms with Crippen LogP contribution in [-0.4, -0.2) is 99.4 Å². The fraction of sp³-hybridized carbons (Fsp3) is 0.750. The van der Waals surface area contributed by atoms with Gasteiger partial charge in [0, 0.05) is 19.0 Å². The maximum absolute atomic E-state index is 12.9. The number of aliphatic carboxylic acids is 1. The van der Waals surface area contributed by atoms with Crippen LogP contribution in [0.2, 0.25) is 0 Å². The second kappa shape index (κ2) is 10.1. The van der Waals surface area contributed by atoms with E-state index < -0.39 is 47.1 Å². The summed E-state index contributed by atoms with van der Waals surface area (Å²) in [4.78, 5) is 42.7. The number of fused-ring (bicyclic) bond motifs is 1. The number of alkyl halides is 1. The molecular formula is C16H24BrN3O8S. The number of halogens is 1. The van der Waals surface area contributed by atoms with Gasteiger partial charge in [0.15, 0.2) is 6.04 Å². The highest BCUT2D eigenvalue weighted by Crippen LogP contribution is 2.38. The van der Waals surface area contributed by atoms with E-state index in [1.165, 1.54) is 18.9 Å². The molecule has 0 aromatic carbocycles. The molecule has 0 radical (unpaired) electrons. The summed E-state index contributed by atoms with van der Waals surface area (Å²) in [5.74, 6) is -4.05. The number of ether oxygens (including phenoxy) is 2. The lowest BCUT2D eigenvalue weighted by molar-refractivity contribution is -0.172. The van der Waals surface area contributed by atoms with Crippen molar-refractivity contribution in [1.82, 2.24) is 10.2 Å². The highest BCUT2D eigenvalue weighted by Gasteiger charge is 2.58. The van der Waals surface area contributed by atoms with E-state index in [0.29, 0.717) is 0 Å². The molecule has 0 spiro atoms. The van der Waals surface area contributed by atoms with Gasteiger partial charge < -0.3 is 34.7 Å². The number of thioether (sulfide) groups is 1. The zero-order valence-electron chi connectivity index (χ0n) is 16.2. The van der Waals surface area contributed by atoms with Crippen molar-refractivity contribution in [3.05, 3.63) is 0 Å². The van der Waals surface area contributed by atoms with Crippen LogP contribution in [0.4, 0.5) is 0 Å². The van der Waals surface area contributed by atoms with E-state index in [9.17, 15) is 24.6 Å². The first-order valence-corrected chi connectivity index (χ1v) is 11.1. The van der Waals surface area contributed by atoms with Crippen LogP contribution in [0.5, 0.6) is 0 Å². The van der Waals surface area contributed by atoms with Crippen LogP contribution in [0, 0.1) is 0 Å². The van der Waals surface area contributed by atoms with Gasteiger partial charge in [-0.05, 0) is 13.8 Å². The van der Waals surface area contributed by atoms with E-state index in [0.717, 1.165) is 4.90 Å². The van der Waals surface area contributed by atoms with Gasteiger partial charge in [0.2, 0.25) is 17.4 Å². The molecule has 13 heteroatoms. The standard InChI is InChI=1S/C16H24BrN3O8S/c1-4-27-16(7-17,28-5-2)11(19-26-3)12(22)18-9-13(23)20-10(15(24)25)8(21)6-29-14(9)20/h8-10,14,21H,4-7H2,1-3H3,(H,18,22)(H,24,25)/t8?,9?,10?,14-/m0/s1. The average molecular weight is 498 g/mol. The van der Waals surface area contributed by atoms with Crippen molar-refractivity contribution >= 4 is 51.2 Å². The van der Waals surface area contributed by atoms with Crippen LogP contribution in [0.15, 0.2) is 5.16 Å². The summed E-state index contributed by atoms with van der Waals surface area (Å²) in [6.07, 6.45) is -1.18. The Morgan fingerprint density at radius 2 is 2.00 bits per heavy atom. The minimum absolute atomic E-state index is 0.0769. The van der Waals surface area contributed by atoms with E-state index in [-0.39, 0.29) is 30.0 Å². The van der Waals surface area contributed by atoms with Crippen LogP contribution in [-0.2, 0) is 28.7 Å². The third kappa shape index (κ3) is 4.53. The molecule has 2 saturated heterocycles. The minimum atomic E-state index is -1.53. The van der Waals surface area contributed by atoms with Crippen molar-refractivity contribution in [2.45, 2.75) is 43.2 Å². The SMILES string of the molecule is CCOC(CBr)(OCC)C(=NOC)C(=O)NC1C(=O)N2C(C(=O)O)C(O)CS[C@@H]12. The number of carboxylic acids is 1. The van der Waals surface area contributed by atoms with Gasteiger partial charge in [-0.1, -0.05) is 21.1 Å². The minimum Gasteiger partial charge on any atom is -0.480 e. The van der Waals surface area contributed by atoms with Gasteiger partial charge in [0.05, 0.1) is 11.4 Å². The lowest BCUT2D eigenvalue weighted by Gasteiger charge is -2.53. The van der Waals surface area contributed by atoms with Gasteiger partial charge >= 0.3 is 5.97 Å². The molecular weight excluding hydrogens is 474 g/mol. The van der Waals surface area contributed by atoms with E-state index in [1.54, 1.807) is 13.8 Å². The molecule has 2 fully saturated rings. The lowest BCUT2D eigenvalue weighted by Crippen LogP contribution is -2.77. The Labute approximate surface area is 180 Å². The third-order valence-electron chi connectivity index (χ3n) is 4.41. The molecule has 29 heavy (non-hydrogen) atoms. The van der Waals surface area contributed by atoms with E-state index in [1.807, 2.05) is 0 Å². The monoisotopic (exact) mass is 497 g/mol. The number of aliphatic hydroxyl groups excluding tert-OH is 1. The van der Waals surface area contributed by atoms with Crippen molar-refractivity contribution in [2.24, 2.45) is 5.16 Å². The fourth-order valence-electron chi connectivity index (χ4n) is 3.22. The van der Waals surface area contributed by atoms with Gasteiger partial charge in [-0.3, -0.25) is 9.59 Å². The number of amides is 2. The number of carboxylic acid groups (broad SMARTS) is 1. The first-order valence-electron chi connectivity index (χ1n) is 8.88. The second-order valence-corrected chi connectivity index (χ2v) is 7.86. The van der Waals surface area contributed by atoms with Crippen LogP contribution in [0.3, 0.4) is 0 Å². The summed E-state index contributed by atoms with van der Waals surface area (Å²) in [5, 5.41) is 25.0. The molecule has 0 bridgehead atoms. The molecule has 3 unspecified atom stereocenters. The molecule has 2 heterocycles. The zero-order valence-corrected chi connectivity index (χ0v) is 18.6. The Kier molecular flexibility index (Phi) is 8.28. The number of oxime groups is 1. The van der Waals surface area contributed by atoms with Crippen LogP contribution in [0.25, 0.3) is 0 Å². The van der Waals surface area contributed by atoms with Crippen molar-refractivity contribution in [3.8, 4) is 0 Å². The van der Waals surface area contributed by atoms with Gasteiger partial charge in [0.1, 0.15) is 18.5 Å². The van der Waals surface area contributed by atoms with Crippen molar-refractivity contribution in [2.75, 3.05) is 31.4 Å². The Morgan fingerprint density at radius 3 is 2.48 bits per heavy atom. The smallest absolute Gasteiger partial charge is 0.329 e. The highest BCUT2D eigenvalue weighted by molar-refractivity contribution is 9.09. The molecule has 3 N–H and O–H groups in total. The van der Waals surface area contributed by atoms with Crippen LogP contribution in [0.1, 0.15) is 13.8 Å². The van der Waals surface area contributed by atoms with Crippen LogP contribution >= 0.6 is 27.7 Å². The lowest BCUT2D eigenvalue weighted by atomic mass is 9.99. The molecule has 2 aliphatic heterocycles. The summed E-state index contributed by atoms with van der Waals surface area (Å²) in [6, 6.07) is -2.32. The predicted molar refractivity (Wildman–Crippen MR) is 107 cm³/mol. The number of aliphatic hydroxyl groups is 1. The molecule has 0 aromatic heterocycles. The molecule has 0 saturated carbocycles. The number of β-lactam (4-membered cyclic amide) rings is 1. The molecule has 2 aliphatic rings. The summed E-state index contributed by atoms with van der Waals surface area (Å²) >= 11 is 4.46. The molecule has 0 aromatic rings. The molecule has 2 amide bonds. The summed E-state index contributed by atoms with van der Waals surface area (Å²) in [6.45, 7) is 3.88. The van der Waals surface area contributed by atoms with Crippen LogP contribution < -0.4 is 5.32 Å². The molecule has 0 aliphatic carbocycles. The van der Waals surface area contributed by atoms with Gasteiger partial charge in [-0.15, -0.1) is 11.8 Å². The number of carbonyl (C=O) groups is 3. The number of rotatable bonds is 10. The van der Waals surface area contributed by atoms with E-state index in [4.69, 9.17) is 14.3 Å². The van der Waals surface area contributed by atoms with Crippen molar-refractivity contribution in [1.29, 1.82) is 0 Å². The largest absolute Gasteiger partial charge is 0.480 e. The van der Waals surface area contributed by atoms with E-state index >= 15 is 0 Å². The Morgan fingerprint density at radius 1 is 1.38 bits per heavy atom. The fourth-order valence-corrected chi connectivity index (χ4v) is 5.16. The molecule has 164 valence electrons. The maximum Gasteiger partial charge on any atom is 0.329 e. The quantitative estimate of drug-likeness (QED) is 0.118. The average Bonchev–Trinajstić information content (AvgIpc) is 2.69. The zero-order chi connectivity index (χ0) is 21.8. The summed E-state index contributed by atoms with van der Waals surface area (Å²) in [7, 11) is 1.26. The Hall–Kier alpha value is -1.41. The van der Waals surface area contributed by atoms with E-state index in [2.05, 4.69) is 26.4 Å². The Bertz CT molecular complexity index is 673. The summed E-state index contributed by atoms with van der Waals surface area (Å²) in [5.41, 5.74) is -0.220. The predicted octanol–water partition coefficient (Wildman–Crippen LogP) is -0.633. The number of nitrogens with zero attached hydrogens (tertiary/aromatic N) is 2. The van der Waals surface area contributed by atoms with Crippen molar-refractivity contribution in [3.63, 3.8) is 0 Å². The molecule has 4 atom stereocenters. The van der Waals surface area contributed by atoms with Gasteiger partial charge in [0.25, 0.3) is 5.91 Å². The first kappa shape index (κ1) is 23.9. The highest BCUT2D eigenvalue weighted by atomic mass is 79.9. The number of hydrogen-bond donors (Lipinski definition) is 3. The first-order chi connectivity index (χ1) is 13.8. The normalized spacial score (nSPS) is 27.1. The summed E-state index contributed by atoms with van der Waals surface area (Å²) < 4.78 is 11.3. The Balaban J connectivity index is 2.22. The van der Waals surface area contributed by atoms with Gasteiger partial charge in [-0.25, -0.2) is 4.79 Å². The maximum atomic E-state index is 12.9. The number of nitrogens with one attached hydrogen (secondary N) is 1. The second-order valence-electron chi connectivity index (χ2n) is 6.15. The third-order valence-corrected chi connectivity index (χ3v) is 6.52. The van der Waals surface area contributed by atoms with Crippen molar-refractivity contribution < 1.29 is 38.9 Å². The molecule has 2 rings (SSSR count). The number of hydrogen-bond acceptors (Lipinski definition) is 9. The topological polar surface area (TPSA) is 147 Å².